The average molecular weight is 241 g/mol. The number of halogens is 1. The largest absolute Gasteiger partial charge is 0.264 e. The fraction of sp³-hybridized carbons (Fsp3) is 0. The van der Waals surface area contributed by atoms with Crippen molar-refractivity contribution in [2.45, 2.75) is 0 Å². The monoisotopic (exact) mass is 240 g/mol. The Morgan fingerprint density at radius 1 is 1.24 bits per heavy atom. The summed E-state index contributed by atoms with van der Waals surface area (Å²) in [5, 5.41) is 9.74. The number of pyridine rings is 1. The lowest BCUT2D eigenvalue weighted by molar-refractivity contribution is 1.32. The highest BCUT2D eigenvalue weighted by Gasteiger charge is 2.04. The molecule has 1 aromatic carbocycles. The van der Waals surface area contributed by atoms with E-state index >= 15 is 0 Å². The van der Waals surface area contributed by atoms with Crippen LogP contribution in [0, 0.1) is 11.3 Å². The van der Waals surface area contributed by atoms with Crippen molar-refractivity contribution in [2.24, 2.45) is 0 Å². The minimum atomic E-state index is 0.531. The molecule has 2 nitrogen and oxygen atoms in total. The molecule has 17 heavy (non-hydrogen) atoms. The van der Waals surface area contributed by atoms with E-state index in [4.69, 9.17) is 16.9 Å². The van der Waals surface area contributed by atoms with Crippen LogP contribution in [0.1, 0.15) is 11.1 Å². The summed E-state index contributed by atoms with van der Waals surface area (Å²) in [6, 6.07) is 13.2. The van der Waals surface area contributed by atoms with Gasteiger partial charge in [0.25, 0.3) is 0 Å². The first kappa shape index (κ1) is 11.4. The third-order valence-corrected chi connectivity index (χ3v) is 2.61. The van der Waals surface area contributed by atoms with Gasteiger partial charge in [0.15, 0.2) is 0 Å². The molecule has 0 radical (unpaired) electrons. The van der Waals surface area contributed by atoms with Crippen molar-refractivity contribution in [3.8, 4) is 6.07 Å². The van der Waals surface area contributed by atoms with E-state index in [1.54, 1.807) is 24.5 Å². The van der Waals surface area contributed by atoms with Crippen molar-refractivity contribution >= 4 is 23.3 Å². The summed E-state index contributed by atoms with van der Waals surface area (Å²) >= 11 is 6.06. The lowest BCUT2D eigenvalue weighted by Crippen LogP contribution is -1.84. The van der Waals surface area contributed by atoms with Gasteiger partial charge >= 0.3 is 0 Å². The minimum absolute atomic E-state index is 0.531. The van der Waals surface area contributed by atoms with Gasteiger partial charge in [-0.2, -0.15) is 5.26 Å². The van der Waals surface area contributed by atoms with E-state index in [1.807, 2.05) is 30.3 Å². The summed E-state index contributed by atoms with van der Waals surface area (Å²) in [7, 11) is 0. The molecule has 0 aliphatic carbocycles. The summed E-state index contributed by atoms with van der Waals surface area (Å²) in [5.41, 5.74) is 2.15. The molecule has 1 heterocycles. The molecule has 0 N–H and O–H groups in total. The number of allylic oxidation sites excluding steroid dienone is 1. The predicted octanol–water partition coefficient (Wildman–Crippen LogP) is 3.80. The van der Waals surface area contributed by atoms with Crippen LogP contribution in [-0.4, -0.2) is 4.98 Å². The summed E-state index contributed by atoms with van der Waals surface area (Å²) in [6.45, 7) is 0. The molecule has 0 spiro atoms. The first-order valence-corrected chi connectivity index (χ1v) is 5.46. The van der Waals surface area contributed by atoms with Gasteiger partial charge in [0.05, 0.1) is 11.6 Å². The smallest absolute Gasteiger partial charge is 0.0998 e. The molecular weight excluding hydrogens is 232 g/mol. The maximum Gasteiger partial charge on any atom is 0.0998 e. The van der Waals surface area contributed by atoms with Gasteiger partial charge in [0.1, 0.15) is 0 Å². The molecule has 0 saturated carbocycles. The standard InChI is InChI=1S/C14H9ClN2/c15-14-6-2-1-5-13(14)12(9-16)8-11-4-3-7-17-10-11/h1-8,10H/b12-8-. The van der Waals surface area contributed by atoms with E-state index in [2.05, 4.69) is 11.1 Å². The Balaban J connectivity index is 2.46. The van der Waals surface area contributed by atoms with Crippen molar-refractivity contribution in [3.63, 3.8) is 0 Å². The van der Waals surface area contributed by atoms with Crippen LogP contribution in [-0.2, 0) is 0 Å². The second kappa shape index (κ2) is 5.29. The number of nitrogens with zero attached hydrogens (tertiary/aromatic N) is 2. The Hall–Kier alpha value is -2.11. The second-order valence-corrected chi connectivity index (χ2v) is 3.84. The number of aromatic nitrogens is 1. The van der Waals surface area contributed by atoms with Gasteiger partial charge in [0, 0.05) is 23.0 Å². The highest BCUT2D eigenvalue weighted by atomic mass is 35.5. The molecule has 0 saturated heterocycles. The molecule has 82 valence electrons. The van der Waals surface area contributed by atoms with Gasteiger partial charge in [-0.15, -0.1) is 0 Å². The van der Waals surface area contributed by atoms with E-state index in [9.17, 15) is 0 Å². The van der Waals surface area contributed by atoms with Crippen molar-refractivity contribution in [3.05, 3.63) is 64.9 Å². The van der Waals surface area contributed by atoms with E-state index in [0.717, 1.165) is 11.1 Å². The summed E-state index contributed by atoms with van der Waals surface area (Å²) in [6.07, 6.45) is 5.17. The minimum Gasteiger partial charge on any atom is -0.264 e. The third-order valence-electron chi connectivity index (χ3n) is 2.28. The van der Waals surface area contributed by atoms with E-state index < -0.39 is 0 Å². The lowest BCUT2D eigenvalue weighted by Gasteiger charge is -2.01. The van der Waals surface area contributed by atoms with Crippen LogP contribution in [0.5, 0.6) is 0 Å². The first-order chi connectivity index (χ1) is 8.31. The molecule has 0 atom stereocenters. The molecule has 2 aromatic rings. The van der Waals surface area contributed by atoms with Crippen molar-refractivity contribution in [1.29, 1.82) is 5.26 Å². The lowest BCUT2D eigenvalue weighted by atomic mass is 10.0. The Morgan fingerprint density at radius 2 is 2.06 bits per heavy atom. The van der Waals surface area contributed by atoms with Crippen LogP contribution in [0.4, 0.5) is 0 Å². The maximum atomic E-state index is 9.17. The summed E-state index contributed by atoms with van der Waals surface area (Å²) in [5.74, 6) is 0. The molecule has 2 rings (SSSR count). The molecule has 0 aliphatic heterocycles. The second-order valence-electron chi connectivity index (χ2n) is 3.44. The van der Waals surface area contributed by atoms with E-state index in [-0.39, 0.29) is 0 Å². The van der Waals surface area contributed by atoms with Gasteiger partial charge in [-0.05, 0) is 23.8 Å². The number of hydrogen-bond donors (Lipinski definition) is 0. The van der Waals surface area contributed by atoms with Gasteiger partial charge in [-0.25, -0.2) is 0 Å². The Labute approximate surface area is 105 Å². The van der Waals surface area contributed by atoms with Crippen LogP contribution in [0.15, 0.2) is 48.8 Å². The molecular formula is C14H9ClN2. The van der Waals surface area contributed by atoms with Crippen molar-refractivity contribution < 1.29 is 0 Å². The quantitative estimate of drug-likeness (QED) is 0.749. The zero-order valence-corrected chi connectivity index (χ0v) is 9.72. The number of hydrogen-bond acceptors (Lipinski definition) is 2. The summed E-state index contributed by atoms with van der Waals surface area (Å²) in [4.78, 5) is 4.00. The van der Waals surface area contributed by atoms with Gasteiger partial charge in [0.2, 0.25) is 0 Å². The zero-order valence-electron chi connectivity index (χ0n) is 8.97. The topological polar surface area (TPSA) is 36.7 Å². The number of benzene rings is 1. The van der Waals surface area contributed by atoms with Crippen LogP contribution in [0.25, 0.3) is 11.6 Å². The zero-order chi connectivity index (χ0) is 12.1. The van der Waals surface area contributed by atoms with Gasteiger partial charge in [-0.1, -0.05) is 35.9 Å². The van der Waals surface area contributed by atoms with E-state index in [1.165, 1.54) is 0 Å². The van der Waals surface area contributed by atoms with Gasteiger partial charge < -0.3 is 0 Å². The predicted molar refractivity (Wildman–Crippen MR) is 69.2 cm³/mol. The van der Waals surface area contributed by atoms with Crippen LogP contribution >= 0.6 is 11.6 Å². The Morgan fingerprint density at radius 3 is 2.71 bits per heavy atom. The third kappa shape index (κ3) is 2.72. The number of rotatable bonds is 2. The molecule has 0 amide bonds. The van der Waals surface area contributed by atoms with Crippen molar-refractivity contribution in [1.82, 2.24) is 4.98 Å². The fourth-order valence-corrected chi connectivity index (χ4v) is 1.72. The van der Waals surface area contributed by atoms with Crippen LogP contribution in [0.3, 0.4) is 0 Å². The first-order valence-electron chi connectivity index (χ1n) is 5.08. The van der Waals surface area contributed by atoms with E-state index in [0.29, 0.717) is 10.6 Å². The van der Waals surface area contributed by atoms with Crippen LogP contribution < -0.4 is 0 Å². The van der Waals surface area contributed by atoms with Gasteiger partial charge in [-0.3, -0.25) is 4.98 Å². The summed E-state index contributed by atoms with van der Waals surface area (Å²) < 4.78 is 0. The molecule has 0 unspecified atom stereocenters. The normalized spacial score (nSPS) is 10.9. The highest BCUT2D eigenvalue weighted by molar-refractivity contribution is 6.32. The molecule has 0 aliphatic rings. The molecule has 1 aromatic heterocycles. The SMILES string of the molecule is N#C/C(=C/c1cccnc1)c1ccccc1Cl. The van der Waals surface area contributed by atoms with Crippen LogP contribution in [0.2, 0.25) is 5.02 Å². The maximum absolute atomic E-state index is 9.17. The number of nitriles is 1. The Kier molecular flexibility index (Phi) is 3.54. The molecule has 3 heteroatoms. The highest BCUT2D eigenvalue weighted by Crippen LogP contribution is 2.24. The molecule has 0 bridgehead atoms. The Bertz CT molecular complexity index is 583. The molecule has 0 fully saturated rings. The average Bonchev–Trinajstić information content (AvgIpc) is 2.38. The fourth-order valence-electron chi connectivity index (χ4n) is 1.48. The van der Waals surface area contributed by atoms with Crippen molar-refractivity contribution in [2.75, 3.05) is 0 Å².